The van der Waals surface area contributed by atoms with Gasteiger partial charge in [-0.3, -0.25) is 4.79 Å². The lowest BCUT2D eigenvalue weighted by molar-refractivity contribution is 0.0703. The van der Waals surface area contributed by atoms with Crippen LogP contribution in [0.25, 0.3) is 16.7 Å². The predicted molar refractivity (Wildman–Crippen MR) is 108 cm³/mol. The number of aryl methyl sites for hydroxylation is 1. The highest BCUT2D eigenvalue weighted by Crippen LogP contribution is 2.29. The molecule has 8 heteroatoms. The van der Waals surface area contributed by atoms with Crippen LogP contribution >= 0.6 is 0 Å². The van der Waals surface area contributed by atoms with E-state index >= 15 is 0 Å². The number of imidazole rings is 1. The molecule has 0 N–H and O–H groups in total. The Hall–Kier alpha value is -3.55. The van der Waals surface area contributed by atoms with Gasteiger partial charge in [0.1, 0.15) is 12.2 Å². The van der Waals surface area contributed by atoms with Crippen LogP contribution in [-0.4, -0.2) is 53.7 Å². The van der Waals surface area contributed by atoms with E-state index in [9.17, 15) is 4.79 Å². The molecule has 0 aliphatic carbocycles. The summed E-state index contributed by atoms with van der Waals surface area (Å²) in [4.78, 5) is 20.0. The third-order valence-corrected chi connectivity index (χ3v) is 5.60. The number of piperidine rings is 1. The third kappa shape index (κ3) is 3.16. The average molecular weight is 387 g/mol. The van der Waals surface area contributed by atoms with E-state index in [-0.39, 0.29) is 11.8 Å². The van der Waals surface area contributed by atoms with Gasteiger partial charge in [-0.15, -0.1) is 5.10 Å². The van der Waals surface area contributed by atoms with Crippen molar-refractivity contribution >= 4 is 16.9 Å². The first kappa shape index (κ1) is 17.5. The quantitative estimate of drug-likeness (QED) is 0.540. The molecular weight excluding hydrogens is 366 g/mol. The van der Waals surface area contributed by atoms with Crippen molar-refractivity contribution in [3.63, 3.8) is 0 Å². The van der Waals surface area contributed by atoms with Crippen molar-refractivity contribution in [1.29, 1.82) is 0 Å². The smallest absolute Gasteiger partial charge is 0.253 e. The van der Waals surface area contributed by atoms with Crippen molar-refractivity contribution in [3.8, 4) is 5.69 Å². The highest BCUT2D eigenvalue weighted by Gasteiger charge is 2.28. The average Bonchev–Trinajstić information content (AvgIpc) is 3.42. The Balaban J connectivity index is 1.40. The molecule has 2 aromatic heterocycles. The molecule has 0 bridgehead atoms. The number of hydrogen-bond acceptors (Lipinski definition) is 5. The number of aromatic nitrogens is 6. The first-order chi connectivity index (χ1) is 14.2. The molecule has 4 aromatic rings. The first-order valence-corrected chi connectivity index (χ1v) is 9.75. The zero-order valence-corrected chi connectivity index (χ0v) is 16.1. The highest BCUT2D eigenvalue weighted by molar-refractivity contribution is 5.94. The van der Waals surface area contributed by atoms with Gasteiger partial charge in [0, 0.05) is 31.6 Å². The van der Waals surface area contributed by atoms with E-state index in [1.807, 2.05) is 47.4 Å². The summed E-state index contributed by atoms with van der Waals surface area (Å²) < 4.78 is 3.71. The zero-order valence-electron chi connectivity index (χ0n) is 16.1. The minimum atomic E-state index is 0.0309. The number of rotatable bonds is 3. The van der Waals surface area contributed by atoms with E-state index in [0.29, 0.717) is 12.1 Å². The maximum absolute atomic E-state index is 13.2. The van der Waals surface area contributed by atoms with Gasteiger partial charge in [-0.2, -0.15) is 0 Å². The van der Waals surface area contributed by atoms with Gasteiger partial charge in [0.15, 0.2) is 0 Å². The zero-order chi connectivity index (χ0) is 19.8. The van der Waals surface area contributed by atoms with Crippen LogP contribution in [0.5, 0.6) is 0 Å². The normalized spacial score (nSPS) is 17.0. The van der Waals surface area contributed by atoms with Crippen LogP contribution < -0.4 is 0 Å². The van der Waals surface area contributed by atoms with E-state index < -0.39 is 0 Å². The number of nitrogens with zero attached hydrogens (tertiary/aromatic N) is 7. The monoisotopic (exact) mass is 387 g/mol. The van der Waals surface area contributed by atoms with E-state index in [2.05, 4.69) is 33.2 Å². The Morgan fingerprint density at radius 3 is 2.86 bits per heavy atom. The largest absolute Gasteiger partial charge is 0.338 e. The molecule has 146 valence electrons. The molecule has 0 radical (unpaired) electrons. The summed E-state index contributed by atoms with van der Waals surface area (Å²) >= 11 is 0. The molecule has 2 aromatic carbocycles. The number of carbonyl (C=O) groups is 1. The second-order valence-electron chi connectivity index (χ2n) is 7.41. The number of hydrogen-bond donors (Lipinski definition) is 0. The van der Waals surface area contributed by atoms with Crippen LogP contribution in [0.1, 0.15) is 34.9 Å². The van der Waals surface area contributed by atoms with Gasteiger partial charge >= 0.3 is 0 Å². The molecule has 1 aliphatic heterocycles. The third-order valence-electron chi connectivity index (χ3n) is 5.60. The predicted octanol–water partition coefficient (Wildman–Crippen LogP) is 2.57. The Morgan fingerprint density at radius 2 is 2.03 bits per heavy atom. The van der Waals surface area contributed by atoms with Crippen molar-refractivity contribution < 1.29 is 4.79 Å². The van der Waals surface area contributed by atoms with Crippen molar-refractivity contribution in [2.75, 3.05) is 13.1 Å². The lowest BCUT2D eigenvalue weighted by Gasteiger charge is -2.32. The number of benzene rings is 2. The molecule has 1 saturated heterocycles. The molecule has 3 heterocycles. The van der Waals surface area contributed by atoms with Gasteiger partial charge in [0.05, 0.1) is 16.7 Å². The van der Waals surface area contributed by atoms with Crippen LogP contribution in [0, 0.1) is 0 Å². The minimum absolute atomic E-state index is 0.0309. The van der Waals surface area contributed by atoms with Gasteiger partial charge in [-0.05, 0) is 53.6 Å². The summed E-state index contributed by atoms with van der Waals surface area (Å²) in [6, 6.07) is 15.6. The molecule has 1 fully saturated rings. The van der Waals surface area contributed by atoms with Gasteiger partial charge in [-0.25, -0.2) is 9.67 Å². The van der Waals surface area contributed by atoms with E-state index in [1.165, 1.54) is 6.33 Å². The number of likely N-dealkylation sites (tertiary alicyclic amines) is 1. The standard InChI is InChI=1S/C21H21N7O/c1-26-19-10-3-2-9-18(19)23-20(26)16-7-5-11-27(13-16)21(29)15-6-4-8-17(12-15)28-14-22-24-25-28/h2-4,6,8-10,12,14,16H,5,7,11,13H2,1H3. The van der Waals surface area contributed by atoms with Crippen molar-refractivity contribution in [2.24, 2.45) is 7.05 Å². The Morgan fingerprint density at radius 1 is 1.14 bits per heavy atom. The van der Waals surface area contributed by atoms with Gasteiger partial charge < -0.3 is 9.47 Å². The molecule has 1 aliphatic rings. The Bertz CT molecular complexity index is 1160. The molecule has 29 heavy (non-hydrogen) atoms. The SMILES string of the molecule is Cn1c(C2CCCN(C(=O)c3cccc(-n4cnnn4)c3)C2)nc2ccccc21. The van der Waals surface area contributed by atoms with Crippen LogP contribution in [0.15, 0.2) is 54.9 Å². The fraction of sp³-hybridized carbons (Fsp3) is 0.286. The fourth-order valence-electron chi connectivity index (χ4n) is 4.15. The minimum Gasteiger partial charge on any atom is -0.338 e. The fourth-order valence-corrected chi connectivity index (χ4v) is 4.15. The van der Waals surface area contributed by atoms with Crippen LogP contribution in [0.4, 0.5) is 0 Å². The maximum Gasteiger partial charge on any atom is 0.253 e. The second-order valence-corrected chi connectivity index (χ2v) is 7.41. The van der Waals surface area contributed by atoms with Crippen LogP contribution in [0.3, 0.4) is 0 Å². The topological polar surface area (TPSA) is 81.7 Å². The van der Waals surface area contributed by atoms with Crippen molar-refractivity contribution in [3.05, 3.63) is 66.2 Å². The number of carbonyl (C=O) groups excluding carboxylic acids is 1. The molecule has 0 spiro atoms. The second kappa shape index (κ2) is 7.12. The van der Waals surface area contributed by atoms with Crippen LogP contribution in [-0.2, 0) is 7.05 Å². The summed E-state index contributed by atoms with van der Waals surface area (Å²) in [6.07, 6.45) is 3.52. The highest BCUT2D eigenvalue weighted by atomic mass is 16.2. The lowest BCUT2D eigenvalue weighted by atomic mass is 9.96. The van der Waals surface area contributed by atoms with Crippen molar-refractivity contribution in [1.82, 2.24) is 34.7 Å². The Labute approximate surface area is 167 Å². The Kier molecular flexibility index (Phi) is 4.31. The number of para-hydroxylation sites is 2. The summed E-state index contributed by atoms with van der Waals surface area (Å²) in [5.74, 6) is 1.31. The van der Waals surface area contributed by atoms with Gasteiger partial charge in [-0.1, -0.05) is 18.2 Å². The molecular formula is C21H21N7O. The summed E-state index contributed by atoms with van der Waals surface area (Å²) in [5.41, 5.74) is 3.54. The van der Waals surface area contributed by atoms with E-state index in [4.69, 9.17) is 4.98 Å². The summed E-state index contributed by atoms with van der Waals surface area (Å²) in [6.45, 7) is 1.43. The summed E-state index contributed by atoms with van der Waals surface area (Å²) in [7, 11) is 2.06. The molecule has 8 nitrogen and oxygen atoms in total. The van der Waals surface area contributed by atoms with Gasteiger partial charge in [0.25, 0.3) is 5.91 Å². The molecule has 0 saturated carbocycles. The molecule has 1 unspecified atom stereocenters. The number of tetrazole rings is 1. The van der Waals surface area contributed by atoms with Crippen molar-refractivity contribution in [2.45, 2.75) is 18.8 Å². The summed E-state index contributed by atoms with van der Waals surface area (Å²) in [5, 5.41) is 11.2. The van der Waals surface area contributed by atoms with E-state index in [0.717, 1.165) is 41.9 Å². The first-order valence-electron chi connectivity index (χ1n) is 9.75. The maximum atomic E-state index is 13.2. The van der Waals surface area contributed by atoms with Gasteiger partial charge in [0.2, 0.25) is 0 Å². The molecule has 1 amide bonds. The van der Waals surface area contributed by atoms with E-state index in [1.54, 1.807) is 4.68 Å². The number of amides is 1. The van der Waals surface area contributed by atoms with Crippen LogP contribution in [0.2, 0.25) is 0 Å². The molecule has 1 atom stereocenters. The lowest BCUT2D eigenvalue weighted by Crippen LogP contribution is -2.39. The number of fused-ring (bicyclic) bond motifs is 1. The molecule has 5 rings (SSSR count).